The maximum Gasteiger partial charge on any atom is 0.0579 e. The Morgan fingerprint density at radius 1 is 1.00 bits per heavy atom. The summed E-state index contributed by atoms with van der Waals surface area (Å²) in [5.74, 6) is 0. The van der Waals surface area contributed by atoms with Gasteiger partial charge >= 0.3 is 0 Å². The van der Waals surface area contributed by atoms with Crippen LogP contribution in [0.5, 0.6) is 0 Å². The van der Waals surface area contributed by atoms with Crippen LogP contribution in [0.4, 0.5) is 0 Å². The van der Waals surface area contributed by atoms with Gasteiger partial charge in [-0.3, -0.25) is 4.66 Å². The van der Waals surface area contributed by atoms with E-state index in [4.69, 9.17) is 4.66 Å². The predicted octanol–water partition coefficient (Wildman–Crippen LogP) is 1.53. The van der Waals surface area contributed by atoms with Gasteiger partial charge < -0.3 is 5.32 Å². The van der Waals surface area contributed by atoms with E-state index in [2.05, 4.69) is 44.9 Å². The lowest BCUT2D eigenvalue weighted by Gasteiger charge is -2.10. The minimum Gasteiger partial charge on any atom is -0.312 e. The zero-order valence-electron chi connectivity index (χ0n) is 6.48. The second-order valence-electron chi connectivity index (χ2n) is 2.48. The molecule has 3 heteroatoms. The molecule has 0 rings (SSSR count). The largest absolute Gasteiger partial charge is 0.312 e. The fourth-order valence-electron chi connectivity index (χ4n) is 0.667. The van der Waals surface area contributed by atoms with E-state index in [0.29, 0.717) is 12.1 Å². The number of halogens is 1. The second kappa shape index (κ2) is 8.21. The van der Waals surface area contributed by atoms with Crippen LogP contribution in [0.3, 0.4) is 0 Å². The van der Waals surface area contributed by atoms with Gasteiger partial charge in [0.1, 0.15) is 0 Å². The molecular formula is C6H16ClNO. The standard InChI is InChI=1S/C6H15N.ClHO/c1-5(2)7-6(3)4;1-2/h5-7H,1-4H3;2H. The summed E-state index contributed by atoms with van der Waals surface area (Å²) in [6, 6.07) is 1.25. The predicted molar refractivity (Wildman–Crippen MR) is 41.5 cm³/mol. The van der Waals surface area contributed by atoms with E-state index < -0.39 is 0 Å². The van der Waals surface area contributed by atoms with Gasteiger partial charge in [0.2, 0.25) is 0 Å². The van der Waals surface area contributed by atoms with Gasteiger partial charge in [-0.05, 0) is 0 Å². The van der Waals surface area contributed by atoms with Crippen LogP contribution in [-0.2, 0) is 0 Å². The SMILES string of the molecule is CC(C)NC(C)C.OCl. The molecule has 9 heavy (non-hydrogen) atoms. The molecule has 2 nitrogen and oxygen atoms in total. The highest BCUT2D eigenvalue weighted by Gasteiger charge is 1.92. The highest BCUT2D eigenvalue weighted by Crippen LogP contribution is 1.80. The number of hydrogen-bond donors (Lipinski definition) is 2. The highest BCUT2D eigenvalue weighted by atomic mass is 35.5. The molecule has 0 amide bonds. The van der Waals surface area contributed by atoms with Crippen LogP contribution in [-0.4, -0.2) is 16.7 Å². The van der Waals surface area contributed by atoms with E-state index in [0.717, 1.165) is 0 Å². The van der Waals surface area contributed by atoms with Gasteiger partial charge in [0.05, 0.1) is 11.9 Å². The van der Waals surface area contributed by atoms with Gasteiger partial charge in [-0.25, -0.2) is 0 Å². The van der Waals surface area contributed by atoms with Crippen molar-refractivity contribution in [1.29, 1.82) is 0 Å². The fraction of sp³-hybridized carbons (Fsp3) is 1.00. The summed E-state index contributed by atoms with van der Waals surface area (Å²) < 4.78 is 6.47. The average molecular weight is 154 g/mol. The third kappa shape index (κ3) is 17.9. The third-order valence-electron chi connectivity index (χ3n) is 0.667. The first-order valence-electron chi connectivity index (χ1n) is 3.06. The molecule has 0 fully saturated rings. The Morgan fingerprint density at radius 3 is 1.22 bits per heavy atom. The van der Waals surface area contributed by atoms with Crippen molar-refractivity contribution in [3.8, 4) is 0 Å². The quantitative estimate of drug-likeness (QED) is 0.631. The number of hydrogen-bond acceptors (Lipinski definition) is 2. The minimum absolute atomic E-state index is 0.625. The van der Waals surface area contributed by atoms with E-state index >= 15 is 0 Å². The molecule has 0 aromatic rings. The topological polar surface area (TPSA) is 32.3 Å². The molecule has 0 atom stereocenters. The summed E-state index contributed by atoms with van der Waals surface area (Å²) in [6.07, 6.45) is 0. The number of rotatable bonds is 2. The van der Waals surface area contributed by atoms with Gasteiger partial charge in [-0.1, -0.05) is 27.7 Å². The lowest BCUT2D eigenvalue weighted by Crippen LogP contribution is -2.29. The van der Waals surface area contributed by atoms with Crippen molar-refractivity contribution in [3.63, 3.8) is 0 Å². The Morgan fingerprint density at radius 2 is 1.22 bits per heavy atom. The molecule has 0 aromatic heterocycles. The van der Waals surface area contributed by atoms with Gasteiger partial charge in [-0.2, -0.15) is 0 Å². The lowest BCUT2D eigenvalue weighted by molar-refractivity contribution is 0.518. The molecule has 2 N–H and O–H groups in total. The molecule has 0 spiro atoms. The van der Waals surface area contributed by atoms with Crippen LogP contribution in [0, 0.1) is 0 Å². The maximum absolute atomic E-state index is 6.47. The van der Waals surface area contributed by atoms with Crippen molar-refractivity contribution in [2.75, 3.05) is 0 Å². The maximum atomic E-state index is 6.47. The summed E-state index contributed by atoms with van der Waals surface area (Å²) in [7, 11) is 0. The molecule has 0 saturated carbocycles. The van der Waals surface area contributed by atoms with E-state index in [1.54, 1.807) is 0 Å². The van der Waals surface area contributed by atoms with E-state index in [-0.39, 0.29) is 0 Å². The second-order valence-corrected chi connectivity index (χ2v) is 2.48. The molecule has 0 aliphatic rings. The molecule has 0 aliphatic heterocycles. The Balaban J connectivity index is 0. The summed E-state index contributed by atoms with van der Waals surface area (Å²) in [5, 5.41) is 3.31. The van der Waals surface area contributed by atoms with Crippen molar-refractivity contribution in [2.45, 2.75) is 39.8 Å². The van der Waals surface area contributed by atoms with Gasteiger partial charge in [0.15, 0.2) is 0 Å². The Labute approximate surface area is 62.4 Å². The first kappa shape index (κ1) is 11.9. The van der Waals surface area contributed by atoms with E-state index in [1.165, 1.54) is 0 Å². The number of nitrogens with one attached hydrogen (secondary N) is 1. The van der Waals surface area contributed by atoms with Crippen LogP contribution in [0.15, 0.2) is 0 Å². The minimum atomic E-state index is 0.625. The summed E-state index contributed by atoms with van der Waals surface area (Å²) >= 11 is 3.64. The average Bonchev–Trinajstić information content (AvgIpc) is 1.68. The molecule has 0 aromatic carbocycles. The molecule has 0 aliphatic carbocycles. The summed E-state index contributed by atoms with van der Waals surface area (Å²) in [5.41, 5.74) is 0. The molecule has 0 radical (unpaired) electrons. The monoisotopic (exact) mass is 153 g/mol. The first-order valence-corrected chi connectivity index (χ1v) is 3.39. The molecule has 0 heterocycles. The van der Waals surface area contributed by atoms with Crippen LogP contribution in [0.2, 0.25) is 0 Å². The van der Waals surface area contributed by atoms with E-state index in [9.17, 15) is 0 Å². The van der Waals surface area contributed by atoms with Crippen molar-refractivity contribution < 1.29 is 4.66 Å². The Kier molecular flexibility index (Phi) is 10.9. The van der Waals surface area contributed by atoms with Gasteiger partial charge in [-0.15, -0.1) is 0 Å². The lowest BCUT2D eigenvalue weighted by atomic mass is 10.3. The Bertz CT molecular complexity index is 42.3. The van der Waals surface area contributed by atoms with Crippen LogP contribution in [0.25, 0.3) is 0 Å². The first-order chi connectivity index (χ1) is 4.13. The molecule has 0 unspecified atom stereocenters. The van der Waals surface area contributed by atoms with Crippen molar-refractivity contribution in [2.24, 2.45) is 0 Å². The third-order valence-corrected chi connectivity index (χ3v) is 0.667. The Hall–Kier alpha value is 0.210. The van der Waals surface area contributed by atoms with Gasteiger partial charge in [0, 0.05) is 12.1 Å². The fourth-order valence-corrected chi connectivity index (χ4v) is 0.667. The zero-order chi connectivity index (χ0) is 7.86. The van der Waals surface area contributed by atoms with Crippen LogP contribution < -0.4 is 5.32 Å². The summed E-state index contributed by atoms with van der Waals surface area (Å²) in [6.45, 7) is 8.61. The highest BCUT2D eigenvalue weighted by molar-refractivity contribution is 6.04. The van der Waals surface area contributed by atoms with Crippen LogP contribution in [0.1, 0.15) is 27.7 Å². The molecule has 0 saturated heterocycles. The van der Waals surface area contributed by atoms with Crippen molar-refractivity contribution >= 4 is 11.9 Å². The van der Waals surface area contributed by atoms with Gasteiger partial charge in [0.25, 0.3) is 0 Å². The summed E-state index contributed by atoms with van der Waals surface area (Å²) in [4.78, 5) is 0. The van der Waals surface area contributed by atoms with E-state index in [1.807, 2.05) is 0 Å². The smallest absolute Gasteiger partial charge is 0.0579 e. The van der Waals surface area contributed by atoms with Crippen molar-refractivity contribution in [1.82, 2.24) is 5.32 Å². The zero-order valence-corrected chi connectivity index (χ0v) is 7.24. The van der Waals surface area contributed by atoms with Crippen molar-refractivity contribution in [3.05, 3.63) is 0 Å². The molecule has 58 valence electrons. The molecular weight excluding hydrogens is 138 g/mol. The van der Waals surface area contributed by atoms with Crippen LogP contribution >= 0.6 is 11.9 Å². The normalized spacial score (nSPS) is 9.33. The molecule has 0 bridgehead atoms.